The summed E-state index contributed by atoms with van der Waals surface area (Å²) < 4.78 is 3.69. The molecule has 4 aromatic rings. The molecule has 0 saturated carbocycles. The minimum atomic E-state index is 0. The van der Waals surface area contributed by atoms with Gasteiger partial charge in [0, 0.05) is 11.6 Å². The molecule has 0 spiro atoms. The number of rotatable bonds is 2. The van der Waals surface area contributed by atoms with Gasteiger partial charge in [-0.1, -0.05) is 53.8 Å². The van der Waals surface area contributed by atoms with Gasteiger partial charge in [0.05, 0.1) is 0 Å². The lowest BCUT2D eigenvalue weighted by molar-refractivity contribution is -0.658. The van der Waals surface area contributed by atoms with Crippen molar-refractivity contribution in [3.05, 3.63) is 77.3 Å². The Morgan fingerprint density at radius 1 is 0.909 bits per heavy atom. The number of benzene rings is 3. The Bertz CT molecular complexity index is 942. The molecule has 0 unspecified atom stereocenters. The van der Waals surface area contributed by atoms with E-state index in [1.807, 2.05) is 11.3 Å². The Labute approximate surface area is 144 Å². The minimum Gasteiger partial charge on any atom is -1.00 e. The van der Waals surface area contributed by atoms with Gasteiger partial charge in [0.2, 0.25) is 11.0 Å². The van der Waals surface area contributed by atoms with Gasteiger partial charge in [-0.05, 0) is 35.4 Å². The maximum atomic E-state index is 2.34. The predicted octanol–water partition coefficient (Wildman–Crippen LogP) is 1.70. The van der Waals surface area contributed by atoms with Crippen LogP contribution < -0.4 is 21.5 Å². The lowest BCUT2D eigenvalue weighted by Gasteiger charge is -2.01. The molecular formula is C19H16BrNS. The first kappa shape index (κ1) is 15.2. The molecule has 0 atom stereocenters. The van der Waals surface area contributed by atoms with Crippen LogP contribution in [0.3, 0.4) is 0 Å². The van der Waals surface area contributed by atoms with Crippen molar-refractivity contribution in [2.45, 2.75) is 13.5 Å². The fraction of sp³-hybridized carbons (Fsp3) is 0.105. The number of hydrogen-bond donors (Lipinski definition) is 0. The van der Waals surface area contributed by atoms with E-state index in [1.54, 1.807) is 0 Å². The van der Waals surface area contributed by atoms with E-state index >= 15 is 0 Å². The van der Waals surface area contributed by atoms with E-state index in [1.165, 1.54) is 32.1 Å². The van der Waals surface area contributed by atoms with Crippen LogP contribution in [0.2, 0.25) is 0 Å². The molecule has 22 heavy (non-hydrogen) atoms. The average Bonchev–Trinajstić information content (AvgIpc) is 2.89. The molecule has 0 amide bonds. The summed E-state index contributed by atoms with van der Waals surface area (Å²) in [7, 11) is 0. The van der Waals surface area contributed by atoms with Crippen molar-refractivity contribution < 1.29 is 21.5 Å². The van der Waals surface area contributed by atoms with Crippen LogP contribution in [0.1, 0.15) is 11.1 Å². The predicted molar refractivity (Wildman–Crippen MR) is 89.8 cm³/mol. The van der Waals surface area contributed by atoms with Gasteiger partial charge in [-0.25, -0.2) is 0 Å². The number of aromatic nitrogens is 1. The molecule has 0 saturated heterocycles. The fourth-order valence-corrected chi connectivity index (χ4v) is 3.78. The van der Waals surface area contributed by atoms with E-state index in [0.717, 1.165) is 6.54 Å². The molecular weight excluding hydrogens is 354 g/mol. The standard InChI is InChI=1S/C19H16NS.BrH/c1-14-6-9-18-19(10-14)21-13-20(18)12-15-7-8-16-4-2-3-5-17(16)11-15;/h2-11,13H,12H2,1H3;1H/q+1;/p-1. The second kappa shape index (κ2) is 6.19. The highest BCUT2D eigenvalue weighted by molar-refractivity contribution is 7.16. The molecule has 110 valence electrons. The van der Waals surface area contributed by atoms with Gasteiger partial charge in [0.15, 0.2) is 6.54 Å². The maximum Gasteiger partial charge on any atom is 0.226 e. The Hall–Kier alpha value is -1.71. The molecule has 0 aliphatic rings. The van der Waals surface area contributed by atoms with Crippen molar-refractivity contribution in [3.8, 4) is 0 Å². The Kier molecular flexibility index (Phi) is 4.27. The number of aryl methyl sites for hydroxylation is 1. The molecule has 1 nitrogen and oxygen atoms in total. The summed E-state index contributed by atoms with van der Waals surface area (Å²) >= 11 is 1.81. The Morgan fingerprint density at radius 2 is 1.73 bits per heavy atom. The zero-order chi connectivity index (χ0) is 14.2. The largest absolute Gasteiger partial charge is 1.00 e. The highest BCUT2D eigenvalue weighted by atomic mass is 79.9. The highest BCUT2D eigenvalue weighted by Crippen LogP contribution is 2.19. The van der Waals surface area contributed by atoms with Gasteiger partial charge in [-0.3, -0.25) is 0 Å². The van der Waals surface area contributed by atoms with Crippen molar-refractivity contribution in [1.29, 1.82) is 0 Å². The van der Waals surface area contributed by atoms with Crippen LogP contribution in [0.25, 0.3) is 21.0 Å². The van der Waals surface area contributed by atoms with Crippen LogP contribution >= 0.6 is 11.3 Å². The Morgan fingerprint density at radius 3 is 2.59 bits per heavy atom. The summed E-state index contributed by atoms with van der Waals surface area (Å²) in [5.74, 6) is 0. The normalized spacial score (nSPS) is 10.8. The summed E-state index contributed by atoms with van der Waals surface area (Å²) in [6.07, 6.45) is 0. The van der Waals surface area contributed by atoms with E-state index in [-0.39, 0.29) is 17.0 Å². The molecule has 3 aromatic carbocycles. The lowest BCUT2D eigenvalue weighted by Crippen LogP contribution is -3.00. The van der Waals surface area contributed by atoms with Gasteiger partial charge >= 0.3 is 0 Å². The summed E-state index contributed by atoms with van der Waals surface area (Å²) in [5.41, 5.74) is 6.21. The second-order valence-electron chi connectivity index (χ2n) is 5.50. The Balaban J connectivity index is 0.00000144. The molecule has 4 rings (SSSR count). The fourth-order valence-electron chi connectivity index (χ4n) is 2.79. The minimum absolute atomic E-state index is 0. The van der Waals surface area contributed by atoms with Gasteiger partial charge in [-0.15, -0.1) is 0 Å². The summed E-state index contributed by atoms with van der Waals surface area (Å²) in [6, 6.07) is 21.9. The number of thiazole rings is 1. The number of hydrogen-bond acceptors (Lipinski definition) is 1. The monoisotopic (exact) mass is 369 g/mol. The van der Waals surface area contributed by atoms with Crippen molar-refractivity contribution in [3.63, 3.8) is 0 Å². The third kappa shape index (κ3) is 2.79. The van der Waals surface area contributed by atoms with Crippen molar-refractivity contribution in [2.24, 2.45) is 0 Å². The van der Waals surface area contributed by atoms with Crippen LogP contribution in [0.5, 0.6) is 0 Å². The van der Waals surface area contributed by atoms with Crippen LogP contribution in [0.4, 0.5) is 0 Å². The average molecular weight is 370 g/mol. The molecule has 0 radical (unpaired) electrons. The first-order chi connectivity index (χ1) is 10.3. The SMILES string of the molecule is Cc1ccc2c(c1)sc[n+]2Cc1ccc2ccccc2c1.[Br-]. The zero-order valence-corrected chi connectivity index (χ0v) is 14.7. The summed E-state index contributed by atoms with van der Waals surface area (Å²) in [4.78, 5) is 0. The lowest BCUT2D eigenvalue weighted by atomic mass is 10.1. The van der Waals surface area contributed by atoms with Crippen LogP contribution in [0, 0.1) is 6.92 Å². The van der Waals surface area contributed by atoms with Gasteiger partial charge in [0.25, 0.3) is 0 Å². The molecule has 0 aliphatic carbocycles. The van der Waals surface area contributed by atoms with E-state index in [4.69, 9.17) is 0 Å². The number of fused-ring (bicyclic) bond motifs is 2. The molecule has 0 fully saturated rings. The molecule has 3 heteroatoms. The van der Waals surface area contributed by atoms with E-state index in [2.05, 4.69) is 77.7 Å². The van der Waals surface area contributed by atoms with Gasteiger partial charge in [0.1, 0.15) is 4.70 Å². The first-order valence-electron chi connectivity index (χ1n) is 7.14. The summed E-state index contributed by atoms with van der Waals surface area (Å²) in [6.45, 7) is 3.07. The van der Waals surface area contributed by atoms with Crippen LogP contribution in [-0.2, 0) is 6.54 Å². The summed E-state index contributed by atoms with van der Waals surface area (Å²) in [5, 5.41) is 2.61. The maximum absolute atomic E-state index is 2.34. The van der Waals surface area contributed by atoms with Gasteiger partial charge in [-0.2, -0.15) is 4.57 Å². The van der Waals surface area contributed by atoms with Crippen molar-refractivity contribution in [1.82, 2.24) is 0 Å². The molecule has 0 bridgehead atoms. The molecule has 0 N–H and O–H groups in total. The molecule has 1 aromatic heterocycles. The molecule has 0 aliphatic heterocycles. The van der Waals surface area contributed by atoms with Crippen molar-refractivity contribution >= 4 is 32.3 Å². The third-order valence-electron chi connectivity index (χ3n) is 3.90. The van der Waals surface area contributed by atoms with Crippen molar-refractivity contribution in [2.75, 3.05) is 0 Å². The number of nitrogens with zero attached hydrogens (tertiary/aromatic N) is 1. The third-order valence-corrected chi connectivity index (χ3v) is 4.84. The quantitative estimate of drug-likeness (QED) is 0.473. The van der Waals surface area contributed by atoms with Crippen LogP contribution in [0.15, 0.2) is 66.2 Å². The number of halogens is 1. The van der Waals surface area contributed by atoms with Crippen LogP contribution in [-0.4, -0.2) is 0 Å². The van der Waals surface area contributed by atoms with E-state index in [9.17, 15) is 0 Å². The van der Waals surface area contributed by atoms with E-state index in [0.29, 0.717) is 0 Å². The highest BCUT2D eigenvalue weighted by Gasteiger charge is 2.12. The first-order valence-corrected chi connectivity index (χ1v) is 8.02. The topological polar surface area (TPSA) is 3.88 Å². The molecule has 1 heterocycles. The van der Waals surface area contributed by atoms with E-state index < -0.39 is 0 Å². The second-order valence-corrected chi connectivity index (χ2v) is 6.39. The zero-order valence-electron chi connectivity index (χ0n) is 12.3. The van der Waals surface area contributed by atoms with Gasteiger partial charge < -0.3 is 17.0 Å². The smallest absolute Gasteiger partial charge is 0.226 e.